The number of ketones is 1. The first-order valence-electron chi connectivity index (χ1n) is 6.92. The van der Waals surface area contributed by atoms with Crippen molar-refractivity contribution in [3.05, 3.63) is 35.4 Å². The van der Waals surface area contributed by atoms with Gasteiger partial charge in [0.2, 0.25) is 0 Å². The molecule has 148 valence electrons. The average Bonchev–Trinajstić information content (AvgIpc) is 2.51. The largest absolute Gasteiger partial charge is 0.460 e. The minimum atomic E-state index is -6.96. The van der Waals surface area contributed by atoms with Crippen LogP contribution in [0.5, 0.6) is 0 Å². The van der Waals surface area contributed by atoms with E-state index in [1.165, 1.54) is 12.1 Å². The molecule has 0 heterocycles. The van der Waals surface area contributed by atoms with Crippen molar-refractivity contribution in [1.82, 2.24) is 0 Å². The van der Waals surface area contributed by atoms with Crippen LogP contribution < -0.4 is 0 Å². The third kappa shape index (κ3) is 3.97. The Labute approximate surface area is 141 Å². The van der Waals surface area contributed by atoms with Gasteiger partial charge in [-0.3, -0.25) is 4.79 Å². The minimum Gasteiger partial charge on any atom is -0.377 e. The van der Waals surface area contributed by atoms with E-state index in [0.717, 1.165) is 26.2 Å². The number of alkyl halides is 9. The Balaban J connectivity index is 3.24. The Kier molecular flexibility index (Phi) is 6.07. The number of carbonyl (C=O) groups is 1. The van der Waals surface area contributed by atoms with Crippen molar-refractivity contribution in [2.75, 3.05) is 7.11 Å². The van der Waals surface area contributed by atoms with Gasteiger partial charge in [0.15, 0.2) is 5.78 Å². The maximum absolute atomic E-state index is 13.7. The van der Waals surface area contributed by atoms with E-state index in [1.807, 2.05) is 0 Å². The maximum Gasteiger partial charge on any atom is 0.460 e. The highest BCUT2D eigenvalue weighted by Gasteiger charge is 2.81. The number of methoxy groups -OCH3 is 1. The van der Waals surface area contributed by atoms with Crippen molar-refractivity contribution >= 4 is 5.78 Å². The minimum absolute atomic E-state index is 0.0137. The summed E-state index contributed by atoms with van der Waals surface area (Å²) in [6.45, 7) is 1.12. The first-order valence-corrected chi connectivity index (χ1v) is 6.92. The molecule has 11 heteroatoms. The fourth-order valence-corrected chi connectivity index (χ4v) is 2.06. The van der Waals surface area contributed by atoms with Gasteiger partial charge in [-0.15, -0.1) is 0 Å². The molecule has 0 N–H and O–H groups in total. The molecule has 0 fully saturated rings. The van der Waals surface area contributed by atoms with Crippen LogP contribution in [0.1, 0.15) is 35.4 Å². The molecule has 0 saturated carbocycles. The predicted octanol–water partition coefficient (Wildman–Crippen LogP) is 5.44. The molecule has 0 aliphatic rings. The lowest BCUT2D eigenvalue weighted by Gasteiger charge is -2.35. The van der Waals surface area contributed by atoms with Gasteiger partial charge in [-0.05, 0) is 18.6 Å². The summed E-state index contributed by atoms with van der Waals surface area (Å²) in [5.74, 6) is -19.9. The van der Waals surface area contributed by atoms with E-state index in [4.69, 9.17) is 0 Å². The van der Waals surface area contributed by atoms with Crippen molar-refractivity contribution in [2.24, 2.45) is 0 Å². The highest BCUT2D eigenvalue weighted by Crippen LogP contribution is 2.55. The summed E-state index contributed by atoms with van der Waals surface area (Å²) in [5.41, 5.74) is -0.272. The molecule has 26 heavy (non-hydrogen) atoms. The SMILES string of the molecule is COC(CC(F)(F)C(F)(F)C(F)(F)C(F)(F)F)c1cccc(C(C)=O)c1. The lowest BCUT2D eigenvalue weighted by Crippen LogP contribution is -2.61. The monoisotopic (exact) mass is 396 g/mol. The smallest absolute Gasteiger partial charge is 0.377 e. The first kappa shape index (κ1) is 22.3. The number of hydrogen-bond acceptors (Lipinski definition) is 2. The molecular weight excluding hydrogens is 383 g/mol. The summed E-state index contributed by atoms with van der Waals surface area (Å²) in [6.07, 6.45) is -11.0. The van der Waals surface area contributed by atoms with E-state index in [-0.39, 0.29) is 11.1 Å². The first-order chi connectivity index (χ1) is 11.6. The maximum atomic E-state index is 13.7. The molecule has 1 atom stereocenters. The third-order valence-corrected chi connectivity index (χ3v) is 3.60. The van der Waals surface area contributed by atoms with Gasteiger partial charge in [0, 0.05) is 19.1 Å². The van der Waals surface area contributed by atoms with Crippen LogP contribution in [0.25, 0.3) is 0 Å². The zero-order valence-electron chi connectivity index (χ0n) is 13.3. The Morgan fingerprint density at radius 3 is 1.96 bits per heavy atom. The van der Waals surface area contributed by atoms with E-state index in [9.17, 15) is 44.3 Å². The second kappa shape index (κ2) is 7.09. The Bertz CT molecular complexity index is 653. The van der Waals surface area contributed by atoms with Gasteiger partial charge >= 0.3 is 23.9 Å². The molecule has 0 spiro atoms. The van der Waals surface area contributed by atoms with E-state index in [2.05, 4.69) is 4.74 Å². The second-order valence-corrected chi connectivity index (χ2v) is 5.46. The topological polar surface area (TPSA) is 26.3 Å². The highest BCUT2D eigenvalue weighted by molar-refractivity contribution is 5.94. The molecule has 1 aromatic rings. The standard InChI is InChI=1S/C15H13F9O2/c1-8(25)9-4-3-5-10(6-9)11(26-2)7-12(16,17)13(18,19)14(20,21)15(22,23)24/h3-6,11H,7H2,1-2H3. The zero-order chi connectivity index (χ0) is 20.6. The van der Waals surface area contributed by atoms with E-state index < -0.39 is 42.3 Å². The normalized spacial score (nSPS) is 15.0. The van der Waals surface area contributed by atoms with E-state index >= 15 is 0 Å². The number of benzene rings is 1. The molecule has 0 bridgehead atoms. The molecule has 0 saturated heterocycles. The van der Waals surface area contributed by atoms with E-state index in [1.54, 1.807) is 0 Å². The van der Waals surface area contributed by atoms with Crippen molar-refractivity contribution in [3.8, 4) is 0 Å². The average molecular weight is 396 g/mol. The molecule has 0 amide bonds. The van der Waals surface area contributed by atoms with Gasteiger partial charge in [0.25, 0.3) is 0 Å². The van der Waals surface area contributed by atoms with Crippen LogP contribution in [0.4, 0.5) is 39.5 Å². The van der Waals surface area contributed by atoms with Crippen LogP contribution in [-0.2, 0) is 4.74 Å². The third-order valence-electron chi connectivity index (χ3n) is 3.60. The van der Waals surface area contributed by atoms with Crippen LogP contribution >= 0.6 is 0 Å². The quantitative estimate of drug-likeness (QED) is 0.454. The number of carbonyl (C=O) groups excluding carboxylic acids is 1. The molecule has 0 aliphatic carbocycles. The molecule has 0 aromatic heterocycles. The summed E-state index contributed by atoms with van der Waals surface area (Å²) in [4.78, 5) is 11.3. The van der Waals surface area contributed by atoms with Crippen LogP contribution in [0.3, 0.4) is 0 Å². The Morgan fingerprint density at radius 1 is 1.00 bits per heavy atom. The van der Waals surface area contributed by atoms with Gasteiger partial charge in [-0.25, -0.2) is 0 Å². The second-order valence-electron chi connectivity index (χ2n) is 5.46. The van der Waals surface area contributed by atoms with Crippen molar-refractivity contribution in [2.45, 2.75) is 43.4 Å². The van der Waals surface area contributed by atoms with Gasteiger partial charge < -0.3 is 4.74 Å². The van der Waals surface area contributed by atoms with Crippen LogP contribution in [0, 0.1) is 0 Å². The molecule has 2 nitrogen and oxygen atoms in total. The van der Waals surface area contributed by atoms with Gasteiger partial charge in [0.05, 0.1) is 6.10 Å². The lowest BCUT2D eigenvalue weighted by molar-refractivity contribution is -0.398. The molecule has 0 radical (unpaired) electrons. The molecule has 1 rings (SSSR count). The molecule has 0 aliphatic heterocycles. The van der Waals surface area contributed by atoms with E-state index in [0.29, 0.717) is 0 Å². The summed E-state index contributed by atoms with van der Waals surface area (Å²) >= 11 is 0. The fraction of sp³-hybridized carbons (Fsp3) is 0.533. The Morgan fingerprint density at radius 2 is 1.54 bits per heavy atom. The molecule has 1 aromatic carbocycles. The molecular formula is C15H13F9O2. The fourth-order valence-electron chi connectivity index (χ4n) is 2.06. The van der Waals surface area contributed by atoms with Gasteiger partial charge in [0.1, 0.15) is 0 Å². The van der Waals surface area contributed by atoms with Crippen molar-refractivity contribution in [1.29, 1.82) is 0 Å². The number of halogens is 9. The van der Waals surface area contributed by atoms with Gasteiger partial charge in [-0.2, -0.15) is 39.5 Å². The summed E-state index contributed by atoms with van der Waals surface area (Å²) < 4.78 is 121. The lowest BCUT2D eigenvalue weighted by atomic mass is 9.94. The highest BCUT2D eigenvalue weighted by atomic mass is 19.4. The van der Waals surface area contributed by atoms with Crippen LogP contribution in [0.15, 0.2) is 24.3 Å². The summed E-state index contributed by atoms with van der Waals surface area (Å²) in [7, 11) is 0.779. The summed E-state index contributed by atoms with van der Waals surface area (Å²) in [5, 5.41) is 0. The van der Waals surface area contributed by atoms with Crippen LogP contribution in [-0.4, -0.2) is 36.8 Å². The number of rotatable bonds is 7. The number of ether oxygens (including phenoxy) is 1. The zero-order valence-corrected chi connectivity index (χ0v) is 13.3. The predicted molar refractivity (Wildman–Crippen MR) is 71.7 cm³/mol. The number of hydrogen-bond donors (Lipinski definition) is 0. The van der Waals surface area contributed by atoms with Gasteiger partial charge in [-0.1, -0.05) is 18.2 Å². The van der Waals surface area contributed by atoms with Crippen LogP contribution in [0.2, 0.25) is 0 Å². The Hall–Kier alpha value is -1.78. The summed E-state index contributed by atoms with van der Waals surface area (Å²) in [6, 6.07) is 4.53. The number of Topliss-reactive ketones (excluding diaryl/α,β-unsaturated/α-hetero) is 1. The van der Waals surface area contributed by atoms with Crippen molar-refractivity contribution < 1.29 is 49.0 Å². The molecule has 1 unspecified atom stereocenters. The van der Waals surface area contributed by atoms with Crippen molar-refractivity contribution in [3.63, 3.8) is 0 Å².